The van der Waals surface area contributed by atoms with Crippen molar-refractivity contribution in [2.45, 2.75) is 50.6 Å². The lowest BCUT2D eigenvalue weighted by atomic mass is 9.84. The molecular formula is C21H25N3O3. The molecular weight excluding hydrogens is 342 g/mol. The predicted octanol–water partition coefficient (Wildman–Crippen LogP) is 2.37. The molecule has 1 aromatic carbocycles. The molecule has 3 N–H and O–H groups in total. The Morgan fingerprint density at radius 2 is 2.15 bits per heavy atom. The Labute approximate surface area is 158 Å². The third kappa shape index (κ3) is 2.80. The lowest BCUT2D eigenvalue weighted by molar-refractivity contribution is -0.146. The van der Waals surface area contributed by atoms with Crippen LogP contribution >= 0.6 is 0 Å². The Morgan fingerprint density at radius 1 is 1.37 bits per heavy atom. The molecule has 2 aliphatic heterocycles. The Kier molecular flexibility index (Phi) is 4.02. The Hall–Kier alpha value is -2.76. The van der Waals surface area contributed by atoms with E-state index < -0.39 is 6.04 Å². The average molecular weight is 367 g/mol. The number of amides is 2. The van der Waals surface area contributed by atoms with E-state index in [1.807, 2.05) is 26.0 Å². The van der Waals surface area contributed by atoms with Crippen molar-refractivity contribution < 1.29 is 14.7 Å². The number of aromatic nitrogens is 1. The standard InChI is InChI=1S/C21H25N3O3/c1-4-21(2,3)18-14(13-8-7-12(25)10-15(13)22-18)11-16-20(27)24-9-5-6-17(24)19(26)23-16/h4,7-8,10,16-17,22,25H,1,5-6,9,11H2,2-3H3,(H,23,26)/t16-,17-/m0/s1. The number of benzene rings is 1. The van der Waals surface area contributed by atoms with Gasteiger partial charge in [0, 0.05) is 41.0 Å². The minimum absolute atomic E-state index is 0.00686. The molecule has 2 amide bonds. The number of aromatic hydroxyl groups is 1. The number of carbonyl (C=O) groups is 2. The monoisotopic (exact) mass is 367 g/mol. The van der Waals surface area contributed by atoms with Gasteiger partial charge < -0.3 is 20.3 Å². The molecule has 2 aromatic rings. The fourth-order valence-electron chi connectivity index (χ4n) is 4.28. The van der Waals surface area contributed by atoms with Crippen LogP contribution in [0.15, 0.2) is 30.9 Å². The highest BCUT2D eigenvalue weighted by Crippen LogP contribution is 2.35. The molecule has 27 heavy (non-hydrogen) atoms. The summed E-state index contributed by atoms with van der Waals surface area (Å²) in [5.74, 6) is 0.118. The van der Waals surface area contributed by atoms with E-state index in [4.69, 9.17) is 0 Å². The van der Waals surface area contributed by atoms with Crippen molar-refractivity contribution in [3.63, 3.8) is 0 Å². The first kappa shape index (κ1) is 17.6. The number of hydrogen-bond acceptors (Lipinski definition) is 3. The largest absolute Gasteiger partial charge is 0.508 e. The number of nitrogens with one attached hydrogen (secondary N) is 2. The lowest BCUT2D eigenvalue weighted by Gasteiger charge is -2.35. The minimum atomic E-state index is -0.570. The maximum atomic E-state index is 12.9. The van der Waals surface area contributed by atoms with Crippen molar-refractivity contribution in [3.05, 3.63) is 42.1 Å². The number of aromatic amines is 1. The molecule has 3 heterocycles. The van der Waals surface area contributed by atoms with E-state index in [-0.39, 0.29) is 29.0 Å². The quantitative estimate of drug-likeness (QED) is 0.725. The van der Waals surface area contributed by atoms with Gasteiger partial charge in [0.1, 0.15) is 17.8 Å². The molecule has 6 heteroatoms. The van der Waals surface area contributed by atoms with E-state index in [1.165, 1.54) is 0 Å². The molecule has 0 unspecified atom stereocenters. The van der Waals surface area contributed by atoms with E-state index in [9.17, 15) is 14.7 Å². The zero-order chi connectivity index (χ0) is 19.3. The average Bonchev–Trinajstić information content (AvgIpc) is 3.25. The molecule has 2 fully saturated rings. The molecule has 0 spiro atoms. The van der Waals surface area contributed by atoms with Crippen molar-refractivity contribution in [2.75, 3.05) is 6.54 Å². The highest BCUT2D eigenvalue weighted by atomic mass is 16.3. The van der Waals surface area contributed by atoms with Gasteiger partial charge in [0.05, 0.1) is 0 Å². The summed E-state index contributed by atoms with van der Waals surface area (Å²) in [7, 11) is 0. The number of rotatable bonds is 4. The van der Waals surface area contributed by atoms with Crippen LogP contribution in [-0.2, 0) is 21.4 Å². The predicted molar refractivity (Wildman–Crippen MR) is 104 cm³/mol. The molecule has 1 aromatic heterocycles. The van der Waals surface area contributed by atoms with Crippen LogP contribution in [0.2, 0.25) is 0 Å². The first-order valence-electron chi connectivity index (χ1n) is 9.40. The van der Waals surface area contributed by atoms with Crippen LogP contribution in [-0.4, -0.2) is 45.4 Å². The van der Waals surface area contributed by atoms with Crippen LogP contribution in [0.3, 0.4) is 0 Å². The molecule has 2 atom stereocenters. The Bertz CT molecular complexity index is 944. The van der Waals surface area contributed by atoms with E-state index in [1.54, 1.807) is 17.0 Å². The van der Waals surface area contributed by atoms with Gasteiger partial charge in [0.15, 0.2) is 0 Å². The van der Waals surface area contributed by atoms with Gasteiger partial charge in [-0.2, -0.15) is 0 Å². The van der Waals surface area contributed by atoms with Crippen LogP contribution < -0.4 is 5.32 Å². The fourth-order valence-corrected chi connectivity index (χ4v) is 4.28. The van der Waals surface area contributed by atoms with Gasteiger partial charge in [-0.3, -0.25) is 9.59 Å². The molecule has 142 valence electrons. The van der Waals surface area contributed by atoms with Crippen LogP contribution in [0.5, 0.6) is 5.75 Å². The molecule has 6 nitrogen and oxygen atoms in total. The first-order chi connectivity index (χ1) is 12.8. The SMILES string of the molecule is C=CC(C)(C)c1[nH]c2cc(O)ccc2c1C[C@@H]1NC(=O)[C@@H]2CCCN2C1=O. The highest BCUT2D eigenvalue weighted by molar-refractivity contribution is 5.98. The summed E-state index contributed by atoms with van der Waals surface area (Å²) in [4.78, 5) is 30.5. The van der Waals surface area contributed by atoms with Gasteiger partial charge in [-0.05, 0) is 30.5 Å². The lowest BCUT2D eigenvalue weighted by Crippen LogP contribution is -2.61. The van der Waals surface area contributed by atoms with Crippen LogP contribution in [0.4, 0.5) is 0 Å². The molecule has 0 bridgehead atoms. The van der Waals surface area contributed by atoms with Crippen molar-refractivity contribution in [1.82, 2.24) is 15.2 Å². The third-order valence-electron chi connectivity index (χ3n) is 5.91. The maximum absolute atomic E-state index is 12.9. The van der Waals surface area contributed by atoms with E-state index in [0.29, 0.717) is 13.0 Å². The summed E-state index contributed by atoms with van der Waals surface area (Å²) in [5.41, 5.74) is 2.39. The van der Waals surface area contributed by atoms with E-state index >= 15 is 0 Å². The highest BCUT2D eigenvalue weighted by Gasteiger charge is 2.43. The Balaban J connectivity index is 1.76. The number of allylic oxidation sites excluding steroid dienone is 1. The van der Waals surface area contributed by atoms with Crippen LogP contribution in [0, 0.1) is 0 Å². The van der Waals surface area contributed by atoms with Gasteiger partial charge in [-0.25, -0.2) is 0 Å². The smallest absolute Gasteiger partial charge is 0.246 e. The summed E-state index contributed by atoms with van der Waals surface area (Å²) < 4.78 is 0. The van der Waals surface area contributed by atoms with Crippen LogP contribution in [0.25, 0.3) is 10.9 Å². The van der Waals surface area contributed by atoms with Crippen molar-refractivity contribution in [2.24, 2.45) is 0 Å². The number of hydrogen-bond donors (Lipinski definition) is 3. The number of phenolic OH excluding ortho intramolecular Hbond substituents is 1. The zero-order valence-corrected chi connectivity index (χ0v) is 15.7. The number of phenols is 1. The summed E-state index contributed by atoms with van der Waals surface area (Å²) >= 11 is 0. The fraction of sp³-hybridized carbons (Fsp3) is 0.429. The van der Waals surface area contributed by atoms with Crippen molar-refractivity contribution in [3.8, 4) is 5.75 Å². The first-order valence-corrected chi connectivity index (χ1v) is 9.40. The van der Waals surface area contributed by atoms with E-state index in [2.05, 4.69) is 16.9 Å². The molecule has 0 saturated carbocycles. The van der Waals surface area contributed by atoms with Gasteiger partial charge in [-0.1, -0.05) is 19.9 Å². The normalized spacial score (nSPS) is 22.8. The molecule has 2 saturated heterocycles. The summed E-state index contributed by atoms with van der Waals surface area (Å²) in [6.07, 6.45) is 3.88. The van der Waals surface area contributed by atoms with Crippen LogP contribution in [0.1, 0.15) is 37.9 Å². The Morgan fingerprint density at radius 3 is 2.89 bits per heavy atom. The molecule has 2 aliphatic rings. The van der Waals surface area contributed by atoms with E-state index in [0.717, 1.165) is 35.0 Å². The minimum Gasteiger partial charge on any atom is -0.508 e. The summed E-state index contributed by atoms with van der Waals surface area (Å²) in [6.45, 7) is 8.69. The number of carbonyl (C=O) groups excluding carboxylic acids is 2. The maximum Gasteiger partial charge on any atom is 0.246 e. The van der Waals surface area contributed by atoms with Gasteiger partial charge in [-0.15, -0.1) is 6.58 Å². The second-order valence-electron chi connectivity index (χ2n) is 8.09. The second kappa shape index (κ2) is 6.15. The third-order valence-corrected chi connectivity index (χ3v) is 5.91. The van der Waals surface area contributed by atoms with Crippen molar-refractivity contribution in [1.29, 1.82) is 0 Å². The molecule has 4 rings (SSSR count). The molecule has 0 aliphatic carbocycles. The van der Waals surface area contributed by atoms with Gasteiger partial charge in [0.25, 0.3) is 0 Å². The van der Waals surface area contributed by atoms with Gasteiger partial charge in [0.2, 0.25) is 11.8 Å². The number of H-pyrrole nitrogens is 1. The summed E-state index contributed by atoms with van der Waals surface area (Å²) in [6, 6.07) is 4.30. The number of piperazine rings is 1. The summed E-state index contributed by atoms with van der Waals surface area (Å²) in [5, 5.41) is 13.7. The zero-order valence-electron chi connectivity index (χ0n) is 15.7. The van der Waals surface area contributed by atoms with Gasteiger partial charge >= 0.3 is 0 Å². The molecule has 0 radical (unpaired) electrons. The number of fused-ring (bicyclic) bond motifs is 2. The topological polar surface area (TPSA) is 85.4 Å². The second-order valence-corrected chi connectivity index (χ2v) is 8.09. The number of nitrogens with zero attached hydrogens (tertiary/aromatic N) is 1. The van der Waals surface area contributed by atoms with Crippen molar-refractivity contribution >= 4 is 22.7 Å².